The van der Waals surface area contributed by atoms with E-state index in [9.17, 15) is 0 Å². The quantitative estimate of drug-likeness (QED) is 0.290. The van der Waals surface area contributed by atoms with Crippen LogP contribution in [0.2, 0.25) is 0 Å². The van der Waals surface area contributed by atoms with Gasteiger partial charge in [0.15, 0.2) is 34.7 Å². The number of hydrogen-bond acceptors (Lipinski definition) is 0. The maximum Gasteiger partial charge on any atom is 0.316 e. The molecule has 0 amide bonds. The van der Waals surface area contributed by atoms with Crippen LogP contribution in [0.25, 0.3) is 0 Å². The zero-order valence-corrected chi connectivity index (χ0v) is 0. The van der Waals surface area contributed by atoms with E-state index < -0.39 is 0 Å². The molecule has 0 saturated carbocycles. The van der Waals surface area contributed by atoms with Gasteiger partial charge in [0.2, 0.25) is 0 Å². The summed E-state index contributed by atoms with van der Waals surface area (Å²) in [5.41, 5.74) is 0. The van der Waals surface area contributed by atoms with E-state index in [4.69, 9.17) is 0 Å². The minimum absolute atomic E-state index is 0. The van der Waals surface area contributed by atoms with Crippen molar-refractivity contribution in [2.75, 3.05) is 0 Å². The van der Waals surface area contributed by atoms with Crippen LogP contribution in [0.15, 0.2) is 0 Å². The maximum atomic E-state index is 0. The summed E-state index contributed by atoms with van der Waals surface area (Å²) in [7, 11) is 0. The molecule has 0 saturated heterocycles. The van der Waals surface area contributed by atoms with Crippen LogP contribution in [0.4, 0.5) is 0 Å². The Hall–Kier alpha value is 3.09. The van der Waals surface area contributed by atoms with E-state index in [1.807, 2.05) is 0 Å². The van der Waals surface area contributed by atoms with E-state index in [0.29, 0.717) is 0 Å². The molecule has 0 nitrogen and oxygen atoms in total. The molecule has 0 spiro atoms. The summed E-state index contributed by atoms with van der Waals surface area (Å²) in [6.45, 7) is 0. The summed E-state index contributed by atoms with van der Waals surface area (Å²) >= 11 is 0. The summed E-state index contributed by atoms with van der Waals surface area (Å²) < 4.78 is 0. The Morgan fingerprint density at radius 3 is 0.750 bits per heavy atom. The summed E-state index contributed by atoms with van der Waals surface area (Å²) in [5, 5.41) is 0. The van der Waals surface area contributed by atoms with Crippen LogP contribution >= 0.6 is 0 Å². The van der Waals surface area contributed by atoms with Gasteiger partial charge in [-0.15, -0.1) is 0 Å². The molecule has 0 aromatic rings. The summed E-state index contributed by atoms with van der Waals surface area (Å²) in [6.07, 6.45) is 0. The molecule has 0 heterocycles. The first kappa shape index (κ1) is 27.5. The van der Waals surface area contributed by atoms with Crippen molar-refractivity contribution >= 4 is 95.5 Å². The van der Waals surface area contributed by atoms with E-state index in [2.05, 4.69) is 0 Å². The molecule has 0 radical (unpaired) electrons. The number of hydrogen-bond donors (Lipinski definition) is 0. The first-order valence-corrected chi connectivity index (χ1v) is 0. The van der Waals surface area contributed by atoms with Crippen LogP contribution in [0.3, 0.4) is 0 Å². The molecule has 0 aliphatic carbocycles. The van der Waals surface area contributed by atoms with Crippen molar-refractivity contribution in [3.8, 4) is 0 Å². The van der Waals surface area contributed by atoms with Crippen molar-refractivity contribution in [3.63, 3.8) is 0 Å². The second-order valence-electron chi connectivity index (χ2n) is 0. The fraction of sp³-hybridized carbons (Fsp3) is 0. The molecular formula is H10Al2CaMg. The van der Waals surface area contributed by atoms with Gasteiger partial charge in [0.05, 0.1) is 0 Å². The van der Waals surface area contributed by atoms with E-state index in [1.54, 1.807) is 0 Å². The fourth-order valence-electron chi connectivity index (χ4n) is 0. The Bertz CT molecular complexity index is 6.00. The Morgan fingerprint density at radius 1 is 0.750 bits per heavy atom. The van der Waals surface area contributed by atoms with Gasteiger partial charge in [-0.05, 0) is 0 Å². The third-order valence-electron chi connectivity index (χ3n) is 0. The maximum absolute atomic E-state index is 0. The average Bonchev–Trinajstić information content (AvgIpc) is 0. The van der Waals surface area contributed by atoms with Crippen LogP contribution in [-0.2, 0) is 0 Å². The van der Waals surface area contributed by atoms with Gasteiger partial charge in [-0.25, -0.2) is 0 Å². The molecule has 0 rings (SSSR count). The molecule has 0 aromatic carbocycles. The van der Waals surface area contributed by atoms with Crippen LogP contribution in [0, 0.1) is 0 Å². The fourth-order valence-corrected chi connectivity index (χ4v) is 0. The first-order valence-electron chi connectivity index (χ1n) is 0. The third-order valence-corrected chi connectivity index (χ3v) is 0. The average molecular weight is 128 g/mol. The molecule has 4 heteroatoms. The molecule has 0 aliphatic rings. The van der Waals surface area contributed by atoms with Gasteiger partial charge in [-0.2, -0.15) is 0 Å². The van der Waals surface area contributed by atoms with Gasteiger partial charge in [-0.1, -0.05) is 0 Å². The van der Waals surface area contributed by atoms with E-state index in [0.717, 1.165) is 0 Å². The zero-order chi connectivity index (χ0) is 0. The molecule has 0 fully saturated rings. The molecule has 4 heavy (non-hydrogen) atoms. The van der Waals surface area contributed by atoms with Crippen LogP contribution in [0.1, 0.15) is 0 Å². The van der Waals surface area contributed by atoms with Gasteiger partial charge in [0, 0.05) is 0 Å². The predicted octanol–water partition coefficient (Wildman–Crippen LogP) is -4.20. The molecule has 20 valence electrons. The normalized spacial score (nSPS) is 0. The van der Waals surface area contributed by atoms with Gasteiger partial charge >= 0.3 is 60.8 Å². The van der Waals surface area contributed by atoms with Crippen molar-refractivity contribution in [2.24, 2.45) is 0 Å². The van der Waals surface area contributed by atoms with Crippen LogP contribution < -0.4 is 0 Å². The molecule has 0 bridgehead atoms. The SMILES string of the molecule is [AlH3].[AlH3].[CaH2].[MgH2]. The molecule has 0 N–H and O–H groups in total. The second-order valence-corrected chi connectivity index (χ2v) is 0. The molecule has 0 aliphatic heterocycles. The zero-order valence-electron chi connectivity index (χ0n) is 0. The Morgan fingerprint density at radius 2 is 0.750 bits per heavy atom. The molecule has 0 aromatic heterocycles. The number of rotatable bonds is 0. The van der Waals surface area contributed by atoms with Gasteiger partial charge < -0.3 is 0 Å². The minimum atomic E-state index is 0. The summed E-state index contributed by atoms with van der Waals surface area (Å²) in [4.78, 5) is 0. The monoisotopic (exact) mass is 128 g/mol. The molecular weight excluding hydrogens is 118 g/mol. The second kappa shape index (κ2) is 16.5. The van der Waals surface area contributed by atoms with Crippen molar-refractivity contribution in [2.45, 2.75) is 0 Å². The van der Waals surface area contributed by atoms with Crippen LogP contribution in [-0.4, -0.2) is 95.5 Å². The van der Waals surface area contributed by atoms with Gasteiger partial charge in [0.1, 0.15) is 0 Å². The van der Waals surface area contributed by atoms with E-state index in [1.165, 1.54) is 0 Å². The van der Waals surface area contributed by atoms with Gasteiger partial charge in [0.25, 0.3) is 0 Å². The predicted molar refractivity (Wildman–Crippen MR) is 37.0 cm³/mol. The van der Waals surface area contributed by atoms with Gasteiger partial charge in [-0.3, -0.25) is 0 Å². The Labute approximate surface area is 93.5 Å². The minimum Gasteiger partial charge on any atom is 0.316 e. The Kier molecular flexibility index (Phi) is 114. The molecule has 0 atom stereocenters. The smallest absolute Gasteiger partial charge is 0.316 e. The van der Waals surface area contributed by atoms with Crippen molar-refractivity contribution in [3.05, 3.63) is 0 Å². The first-order chi connectivity index (χ1) is 0. The van der Waals surface area contributed by atoms with Crippen molar-refractivity contribution < 1.29 is 0 Å². The van der Waals surface area contributed by atoms with Crippen LogP contribution in [0.5, 0.6) is 0 Å². The third kappa shape index (κ3) is 8.92. The van der Waals surface area contributed by atoms with Crippen molar-refractivity contribution in [1.82, 2.24) is 0 Å². The molecule has 0 unspecified atom stereocenters. The van der Waals surface area contributed by atoms with E-state index in [-0.39, 0.29) is 95.5 Å². The Balaban J connectivity index is 0. The standard InChI is InChI=1S/2Al.Ca.Mg.10H. The topological polar surface area (TPSA) is 0 Å². The summed E-state index contributed by atoms with van der Waals surface area (Å²) in [5.74, 6) is 0. The largest absolute Gasteiger partial charge is 0.316 e. The van der Waals surface area contributed by atoms with Crippen molar-refractivity contribution in [1.29, 1.82) is 0 Å². The van der Waals surface area contributed by atoms with E-state index >= 15 is 0 Å². The summed E-state index contributed by atoms with van der Waals surface area (Å²) in [6, 6.07) is 0.